The summed E-state index contributed by atoms with van der Waals surface area (Å²) in [5.74, 6) is 0. The van der Waals surface area contributed by atoms with E-state index in [1.807, 2.05) is 0 Å². The third-order valence-electron chi connectivity index (χ3n) is 0.0577. The Hall–Kier alpha value is 0.477. The second-order valence-corrected chi connectivity index (χ2v) is 0.258. The van der Waals surface area contributed by atoms with E-state index in [0.717, 1.165) is 0 Å². The van der Waals surface area contributed by atoms with Gasteiger partial charge in [-0.2, -0.15) is 0 Å². The average molecular weight is 72.0 g/mol. The normalized spacial score (nSPS) is 6.00. The predicted molar refractivity (Wildman–Crippen MR) is 17.9 cm³/mol. The number of hydrogen-bond acceptors (Lipinski definition) is 3. The molecule has 0 saturated carbocycles. The summed E-state index contributed by atoms with van der Waals surface area (Å²) >= 11 is 0. The molecule has 0 rings (SSSR count). The molecule has 0 aromatic carbocycles. The van der Waals surface area contributed by atoms with Gasteiger partial charge in [-0.3, -0.25) is 0 Å². The van der Waals surface area contributed by atoms with E-state index >= 15 is 0 Å². The first-order valence-corrected chi connectivity index (χ1v) is 0.787. The number of hydrogen-bond donors (Lipinski definition) is 2. The molecule has 4 heteroatoms. The van der Waals surface area contributed by atoms with Crippen molar-refractivity contribution in [2.75, 3.05) is 6.79 Å². The van der Waals surface area contributed by atoms with Crippen molar-refractivity contribution >= 4 is 18.9 Å². The molecule has 0 spiro atoms. The van der Waals surface area contributed by atoms with Gasteiger partial charge < -0.3 is 5.11 Å². The second kappa shape index (κ2) is 8.82. The molecule has 0 fully saturated rings. The molecule has 28 valence electrons. The summed E-state index contributed by atoms with van der Waals surface area (Å²) < 4.78 is 0. The molecule has 0 aliphatic heterocycles. The van der Waals surface area contributed by atoms with Crippen LogP contribution in [0.2, 0.25) is 0 Å². The molecule has 0 aromatic heterocycles. The maximum atomic E-state index is 7.40. The molecular formula is CH5LiO3. The molecular weight excluding hydrogens is 66.9 g/mol. The molecule has 0 bridgehead atoms. The van der Waals surface area contributed by atoms with Crippen molar-refractivity contribution in [2.24, 2.45) is 0 Å². The fourth-order valence-electron chi connectivity index (χ4n) is 0. The van der Waals surface area contributed by atoms with Crippen LogP contribution in [0.5, 0.6) is 0 Å². The third kappa shape index (κ3) is 12.6. The zero-order chi connectivity index (χ0) is 3.41. The number of aliphatic hydroxyl groups excluding tert-OH is 1. The topological polar surface area (TPSA) is 49.7 Å². The first-order valence-electron chi connectivity index (χ1n) is 0.787. The molecule has 0 aromatic rings. The summed E-state index contributed by atoms with van der Waals surface area (Å²) in [4.78, 5) is 3.10. The quantitative estimate of drug-likeness (QED) is 0.176. The van der Waals surface area contributed by atoms with Gasteiger partial charge in [-0.25, -0.2) is 10.1 Å². The van der Waals surface area contributed by atoms with Gasteiger partial charge in [-0.15, -0.1) is 0 Å². The SMILES string of the molecule is OCOO.[LiH]. The minimum absolute atomic E-state index is 0. The van der Waals surface area contributed by atoms with Gasteiger partial charge in [0.2, 0.25) is 0 Å². The van der Waals surface area contributed by atoms with Gasteiger partial charge in [0.15, 0.2) is 6.79 Å². The molecule has 0 unspecified atom stereocenters. The van der Waals surface area contributed by atoms with Gasteiger partial charge in [0.05, 0.1) is 0 Å². The molecule has 0 amide bonds. The Morgan fingerprint density at radius 3 is 1.80 bits per heavy atom. The Morgan fingerprint density at radius 2 is 1.80 bits per heavy atom. The van der Waals surface area contributed by atoms with E-state index in [9.17, 15) is 0 Å². The van der Waals surface area contributed by atoms with Crippen molar-refractivity contribution in [1.82, 2.24) is 0 Å². The summed E-state index contributed by atoms with van der Waals surface area (Å²) in [5, 5.41) is 14.5. The maximum absolute atomic E-state index is 7.40. The fraction of sp³-hybridized carbons (Fsp3) is 1.00. The van der Waals surface area contributed by atoms with Gasteiger partial charge in [0, 0.05) is 0 Å². The summed E-state index contributed by atoms with van der Waals surface area (Å²) in [6.07, 6.45) is 0. The molecule has 0 atom stereocenters. The molecule has 2 N–H and O–H groups in total. The zero-order valence-corrected chi connectivity index (χ0v) is 2.01. The van der Waals surface area contributed by atoms with Crippen LogP contribution in [-0.4, -0.2) is 36.0 Å². The van der Waals surface area contributed by atoms with Gasteiger partial charge in [0.1, 0.15) is 0 Å². The first kappa shape index (κ1) is 9.08. The molecule has 0 heterocycles. The Labute approximate surface area is 41.7 Å². The van der Waals surface area contributed by atoms with E-state index in [1.54, 1.807) is 0 Å². The standard InChI is InChI=1S/CH4O3.Li.H/c2-1-4-3;;/h2-3H,1H2;;. The fourth-order valence-corrected chi connectivity index (χ4v) is 0. The van der Waals surface area contributed by atoms with Crippen LogP contribution in [-0.2, 0) is 4.89 Å². The van der Waals surface area contributed by atoms with Crippen LogP contribution in [0.3, 0.4) is 0 Å². The van der Waals surface area contributed by atoms with E-state index in [-0.39, 0.29) is 18.9 Å². The molecule has 0 aliphatic rings. The minimum atomic E-state index is -0.625. The van der Waals surface area contributed by atoms with Gasteiger partial charge >= 0.3 is 18.9 Å². The summed E-state index contributed by atoms with van der Waals surface area (Å²) in [5.41, 5.74) is 0. The Morgan fingerprint density at radius 1 is 1.60 bits per heavy atom. The summed E-state index contributed by atoms with van der Waals surface area (Å²) in [7, 11) is 0. The van der Waals surface area contributed by atoms with E-state index in [0.29, 0.717) is 0 Å². The van der Waals surface area contributed by atoms with Crippen LogP contribution in [0.1, 0.15) is 0 Å². The Bertz CT molecular complexity index is 8.85. The van der Waals surface area contributed by atoms with Gasteiger partial charge in [0.25, 0.3) is 0 Å². The van der Waals surface area contributed by atoms with Crippen molar-refractivity contribution < 1.29 is 15.3 Å². The van der Waals surface area contributed by atoms with Crippen molar-refractivity contribution in [3.8, 4) is 0 Å². The Balaban J connectivity index is 0. The predicted octanol–water partition coefficient (Wildman–Crippen LogP) is -1.22. The van der Waals surface area contributed by atoms with Crippen LogP contribution in [0, 0.1) is 0 Å². The van der Waals surface area contributed by atoms with Crippen LogP contribution < -0.4 is 0 Å². The molecule has 0 radical (unpaired) electrons. The monoisotopic (exact) mass is 72.0 g/mol. The van der Waals surface area contributed by atoms with Crippen LogP contribution >= 0.6 is 0 Å². The summed E-state index contributed by atoms with van der Waals surface area (Å²) in [6.45, 7) is -0.625. The van der Waals surface area contributed by atoms with E-state index in [4.69, 9.17) is 10.4 Å². The van der Waals surface area contributed by atoms with Crippen LogP contribution in [0.4, 0.5) is 0 Å². The Kier molecular flexibility index (Phi) is 16.0. The zero-order valence-electron chi connectivity index (χ0n) is 2.01. The number of rotatable bonds is 1. The van der Waals surface area contributed by atoms with E-state index in [1.165, 1.54) is 0 Å². The van der Waals surface area contributed by atoms with Crippen molar-refractivity contribution in [3.05, 3.63) is 0 Å². The average Bonchev–Trinajstić information content (AvgIpc) is 1.37. The van der Waals surface area contributed by atoms with E-state index < -0.39 is 6.79 Å². The van der Waals surface area contributed by atoms with Gasteiger partial charge in [-0.1, -0.05) is 0 Å². The summed E-state index contributed by atoms with van der Waals surface area (Å²) in [6, 6.07) is 0. The second-order valence-electron chi connectivity index (χ2n) is 0.258. The third-order valence-corrected chi connectivity index (χ3v) is 0.0577. The molecule has 3 nitrogen and oxygen atoms in total. The van der Waals surface area contributed by atoms with Crippen molar-refractivity contribution in [1.29, 1.82) is 0 Å². The first-order chi connectivity index (χ1) is 1.91. The van der Waals surface area contributed by atoms with Crippen LogP contribution in [0.15, 0.2) is 0 Å². The van der Waals surface area contributed by atoms with Gasteiger partial charge in [-0.05, 0) is 0 Å². The van der Waals surface area contributed by atoms with Crippen molar-refractivity contribution in [2.45, 2.75) is 0 Å². The van der Waals surface area contributed by atoms with Crippen molar-refractivity contribution in [3.63, 3.8) is 0 Å². The molecule has 0 aliphatic carbocycles. The number of aliphatic hydroxyl groups is 1. The molecule has 0 saturated heterocycles. The van der Waals surface area contributed by atoms with Crippen LogP contribution in [0.25, 0.3) is 0 Å². The van der Waals surface area contributed by atoms with E-state index in [2.05, 4.69) is 4.89 Å². The molecule has 5 heavy (non-hydrogen) atoms.